The molecule has 2 N–H and O–H groups in total. The molecule has 0 atom stereocenters. The highest BCUT2D eigenvalue weighted by Gasteiger charge is 2.48. The molecule has 4 aliphatic rings. The van der Waals surface area contributed by atoms with E-state index in [1.807, 2.05) is 0 Å². The summed E-state index contributed by atoms with van der Waals surface area (Å²) in [5.41, 5.74) is 0. The van der Waals surface area contributed by atoms with Crippen molar-refractivity contribution in [3.63, 3.8) is 0 Å². The molecule has 0 aliphatic heterocycles. The van der Waals surface area contributed by atoms with Gasteiger partial charge in [0.2, 0.25) is 5.91 Å². The maximum Gasteiger partial charge on any atom is 0.234 e. The molecule has 0 unspecified atom stereocenters. The summed E-state index contributed by atoms with van der Waals surface area (Å²) in [6.07, 6.45) is 8.07. The van der Waals surface area contributed by atoms with Gasteiger partial charge in [-0.1, -0.05) is 6.92 Å². The van der Waals surface area contributed by atoms with Gasteiger partial charge in [-0.05, 0) is 68.7 Å². The van der Waals surface area contributed by atoms with Crippen molar-refractivity contribution in [2.75, 3.05) is 13.1 Å². The van der Waals surface area contributed by atoms with Gasteiger partial charge in [-0.2, -0.15) is 0 Å². The van der Waals surface area contributed by atoms with E-state index in [-0.39, 0.29) is 5.91 Å². The van der Waals surface area contributed by atoms with Crippen LogP contribution in [0.2, 0.25) is 0 Å². The minimum Gasteiger partial charge on any atom is -0.352 e. The van der Waals surface area contributed by atoms with Crippen LogP contribution in [0.5, 0.6) is 0 Å². The van der Waals surface area contributed by atoms with Gasteiger partial charge in [-0.3, -0.25) is 4.79 Å². The molecule has 0 spiro atoms. The first-order valence-corrected chi connectivity index (χ1v) is 7.76. The highest BCUT2D eigenvalue weighted by atomic mass is 16.2. The third-order valence-corrected chi connectivity index (χ3v) is 5.27. The molecule has 1 amide bonds. The predicted molar refractivity (Wildman–Crippen MR) is 72.1 cm³/mol. The van der Waals surface area contributed by atoms with Gasteiger partial charge in [0.25, 0.3) is 0 Å². The van der Waals surface area contributed by atoms with Crippen LogP contribution in [-0.2, 0) is 4.79 Å². The average Bonchev–Trinajstić information content (AvgIpc) is 2.33. The highest BCUT2D eigenvalue weighted by Crippen LogP contribution is 2.53. The van der Waals surface area contributed by atoms with E-state index in [2.05, 4.69) is 17.6 Å². The highest BCUT2D eigenvalue weighted by molar-refractivity contribution is 5.78. The van der Waals surface area contributed by atoms with Crippen LogP contribution in [0.4, 0.5) is 0 Å². The average molecular weight is 250 g/mol. The molecule has 4 bridgehead atoms. The number of rotatable bonds is 5. The number of hydrogen-bond acceptors (Lipinski definition) is 2. The van der Waals surface area contributed by atoms with Crippen LogP contribution in [0.25, 0.3) is 0 Å². The van der Waals surface area contributed by atoms with Crippen molar-refractivity contribution >= 4 is 5.91 Å². The second-order valence-electron chi connectivity index (χ2n) is 6.70. The molecule has 0 aromatic carbocycles. The van der Waals surface area contributed by atoms with E-state index in [1.54, 1.807) is 0 Å². The number of carbonyl (C=O) groups excluding carboxylic acids is 1. The number of carbonyl (C=O) groups is 1. The van der Waals surface area contributed by atoms with Gasteiger partial charge < -0.3 is 10.6 Å². The van der Waals surface area contributed by atoms with E-state index in [1.165, 1.54) is 32.1 Å². The molecule has 3 nitrogen and oxygen atoms in total. The molecule has 3 heteroatoms. The van der Waals surface area contributed by atoms with Gasteiger partial charge in [-0.15, -0.1) is 0 Å². The molecular weight excluding hydrogens is 224 g/mol. The fraction of sp³-hybridized carbons (Fsp3) is 0.933. The summed E-state index contributed by atoms with van der Waals surface area (Å²) in [5, 5.41) is 6.52. The Morgan fingerprint density at radius 2 is 1.67 bits per heavy atom. The van der Waals surface area contributed by atoms with Gasteiger partial charge in [-0.25, -0.2) is 0 Å². The maximum absolute atomic E-state index is 11.9. The molecule has 4 aliphatic carbocycles. The normalized spacial score (nSPS) is 41.1. The summed E-state index contributed by atoms with van der Waals surface area (Å²) < 4.78 is 0. The van der Waals surface area contributed by atoms with Crippen molar-refractivity contribution in [3.05, 3.63) is 0 Å². The van der Waals surface area contributed by atoms with Crippen LogP contribution in [0.1, 0.15) is 45.4 Å². The minimum atomic E-state index is 0.209. The second-order valence-corrected chi connectivity index (χ2v) is 6.70. The minimum absolute atomic E-state index is 0.209. The Labute approximate surface area is 110 Å². The van der Waals surface area contributed by atoms with Crippen LogP contribution in [0.3, 0.4) is 0 Å². The molecule has 4 fully saturated rings. The standard InChI is InChI=1S/C15H26N2O/c1-2-3-16-9-14(18)17-15-12-5-10-4-11(7-12)8-13(15)6-10/h10-13,15-16H,2-9H2,1H3,(H,17,18). The van der Waals surface area contributed by atoms with Crippen molar-refractivity contribution in [2.45, 2.75) is 51.5 Å². The van der Waals surface area contributed by atoms with Gasteiger partial charge >= 0.3 is 0 Å². The summed E-state index contributed by atoms with van der Waals surface area (Å²) in [7, 11) is 0. The van der Waals surface area contributed by atoms with E-state index in [0.29, 0.717) is 12.6 Å². The zero-order chi connectivity index (χ0) is 12.5. The Kier molecular flexibility index (Phi) is 3.60. The van der Waals surface area contributed by atoms with Gasteiger partial charge in [0, 0.05) is 6.04 Å². The van der Waals surface area contributed by atoms with Crippen molar-refractivity contribution in [1.82, 2.24) is 10.6 Å². The Hall–Kier alpha value is -0.570. The van der Waals surface area contributed by atoms with Gasteiger partial charge in [0.15, 0.2) is 0 Å². The van der Waals surface area contributed by atoms with Crippen molar-refractivity contribution < 1.29 is 4.79 Å². The Balaban J connectivity index is 1.52. The van der Waals surface area contributed by atoms with E-state index in [4.69, 9.17) is 0 Å². The van der Waals surface area contributed by atoms with E-state index >= 15 is 0 Å². The molecule has 0 radical (unpaired) electrons. The third-order valence-electron chi connectivity index (χ3n) is 5.27. The first-order valence-electron chi connectivity index (χ1n) is 7.76. The molecule has 102 valence electrons. The lowest BCUT2D eigenvalue weighted by Crippen LogP contribution is -2.56. The molecule has 4 rings (SSSR count). The Morgan fingerprint density at radius 3 is 2.22 bits per heavy atom. The number of nitrogens with one attached hydrogen (secondary N) is 2. The van der Waals surface area contributed by atoms with Crippen LogP contribution in [0, 0.1) is 23.7 Å². The van der Waals surface area contributed by atoms with Crippen LogP contribution >= 0.6 is 0 Å². The summed E-state index contributed by atoms with van der Waals surface area (Å²) in [5.74, 6) is 3.76. The summed E-state index contributed by atoms with van der Waals surface area (Å²) in [4.78, 5) is 11.9. The van der Waals surface area contributed by atoms with Crippen LogP contribution < -0.4 is 10.6 Å². The quantitative estimate of drug-likeness (QED) is 0.732. The number of amides is 1. The van der Waals surface area contributed by atoms with Crippen LogP contribution in [-0.4, -0.2) is 25.0 Å². The zero-order valence-corrected chi connectivity index (χ0v) is 11.5. The first kappa shape index (κ1) is 12.5. The maximum atomic E-state index is 11.9. The van der Waals surface area contributed by atoms with Gasteiger partial charge in [0.1, 0.15) is 0 Å². The third kappa shape index (κ3) is 2.42. The SMILES string of the molecule is CCCNCC(=O)NC1C2CC3CC(C2)CC1C3. The second kappa shape index (κ2) is 5.20. The van der Waals surface area contributed by atoms with Crippen molar-refractivity contribution in [1.29, 1.82) is 0 Å². The molecule has 0 aromatic heterocycles. The summed E-state index contributed by atoms with van der Waals surface area (Å²) >= 11 is 0. The lowest BCUT2D eigenvalue weighted by molar-refractivity contribution is -0.124. The molecule has 0 aromatic rings. The Morgan fingerprint density at radius 1 is 1.06 bits per heavy atom. The largest absolute Gasteiger partial charge is 0.352 e. The lowest BCUT2D eigenvalue weighted by atomic mass is 9.54. The molecule has 18 heavy (non-hydrogen) atoms. The molecular formula is C15H26N2O. The van der Waals surface area contributed by atoms with E-state index < -0.39 is 0 Å². The van der Waals surface area contributed by atoms with Gasteiger partial charge in [0.05, 0.1) is 6.54 Å². The monoisotopic (exact) mass is 250 g/mol. The van der Waals surface area contributed by atoms with Crippen molar-refractivity contribution in [3.8, 4) is 0 Å². The lowest BCUT2D eigenvalue weighted by Gasteiger charge is -2.54. The summed E-state index contributed by atoms with van der Waals surface area (Å²) in [6, 6.07) is 0.494. The fourth-order valence-electron chi connectivity index (χ4n) is 4.78. The molecule has 0 heterocycles. The number of hydrogen-bond donors (Lipinski definition) is 2. The fourth-order valence-corrected chi connectivity index (χ4v) is 4.78. The van der Waals surface area contributed by atoms with Crippen LogP contribution in [0.15, 0.2) is 0 Å². The predicted octanol–water partition coefficient (Wildman–Crippen LogP) is 1.93. The Bertz CT molecular complexity index is 288. The topological polar surface area (TPSA) is 41.1 Å². The van der Waals surface area contributed by atoms with Crippen molar-refractivity contribution in [2.24, 2.45) is 23.7 Å². The molecule has 0 saturated heterocycles. The first-order chi connectivity index (χ1) is 8.76. The van der Waals surface area contributed by atoms with E-state index in [0.717, 1.165) is 36.6 Å². The zero-order valence-electron chi connectivity index (χ0n) is 11.5. The molecule has 4 saturated carbocycles. The summed E-state index contributed by atoms with van der Waals surface area (Å²) in [6.45, 7) is 3.56. The smallest absolute Gasteiger partial charge is 0.234 e. The van der Waals surface area contributed by atoms with E-state index in [9.17, 15) is 4.79 Å².